The van der Waals surface area contributed by atoms with Crippen LogP contribution in [0.25, 0.3) is 0 Å². The predicted octanol–water partition coefficient (Wildman–Crippen LogP) is 0.906. The van der Waals surface area contributed by atoms with E-state index in [0.717, 1.165) is 11.1 Å². The van der Waals surface area contributed by atoms with Crippen LogP contribution in [0.1, 0.15) is 42.1 Å². The van der Waals surface area contributed by atoms with E-state index in [1.165, 1.54) is 12.1 Å². The molecule has 210 valence electrons. The number of benzene rings is 2. The topological polar surface area (TPSA) is 166 Å². The number of aliphatic hydroxyl groups is 2. The molecule has 2 aliphatic heterocycles. The molecule has 1 saturated heterocycles. The maximum Gasteiger partial charge on any atom is 0.326 e. The smallest absolute Gasteiger partial charge is 0.326 e. The van der Waals surface area contributed by atoms with Gasteiger partial charge < -0.3 is 40.1 Å². The number of aliphatic carboxylic acids is 1. The Morgan fingerprint density at radius 1 is 1.20 bits per heavy atom. The third-order valence-electron chi connectivity index (χ3n) is 8.93. The van der Waals surface area contributed by atoms with Gasteiger partial charge in [-0.15, -0.1) is 0 Å². The zero-order valence-corrected chi connectivity index (χ0v) is 21.7. The molecule has 2 aliphatic carbocycles. The second-order valence-electron chi connectivity index (χ2n) is 11.0. The molecule has 40 heavy (non-hydrogen) atoms. The van der Waals surface area contributed by atoms with Crippen molar-refractivity contribution in [1.82, 2.24) is 10.2 Å². The molecular weight excluding hydrogens is 520 g/mol. The lowest BCUT2D eigenvalue weighted by molar-refractivity contribution is -0.169. The third-order valence-corrected chi connectivity index (χ3v) is 8.93. The summed E-state index contributed by atoms with van der Waals surface area (Å²) in [5.74, 6) is -3.05. The van der Waals surface area contributed by atoms with Crippen LogP contribution in [-0.2, 0) is 31.0 Å². The van der Waals surface area contributed by atoms with Crippen LogP contribution in [0.5, 0.6) is 11.5 Å². The van der Waals surface area contributed by atoms with Gasteiger partial charge >= 0.3 is 11.9 Å². The number of nitrogens with zero attached hydrogens (tertiary/aromatic N) is 1. The fourth-order valence-corrected chi connectivity index (χ4v) is 7.01. The van der Waals surface area contributed by atoms with Gasteiger partial charge in [0.15, 0.2) is 23.7 Å². The summed E-state index contributed by atoms with van der Waals surface area (Å²) in [4.78, 5) is 39.6. The summed E-state index contributed by atoms with van der Waals surface area (Å²) in [6.07, 6.45) is -0.413. The Balaban J connectivity index is 1.24. The fourth-order valence-electron chi connectivity index (χ4n) is 7.01. The number of phenols is 1. The second kappa shape index (κ2) is 9.33. The highest BCUT2D eigenvalue weighted by Crippen LogP contribution is 2.65. The molecular formula is C29H30N2O9. The van der Waals surface area contributed by atoms with Crippen LogP contribution in [0.15, 0.2) is 54.3 Å². The molecule has 4 aliphatic rings. The Hall–Kier alpha value is -3.93. The van der Waals surface area contributed by atoms with Crippen molar-refractivity contribution in [2.45, 2.75) is 61.0 Å². The Morgan fingerprint density at radius 3 is 2.67 bits per heavy atom. The Labute approximate surface area is 229 Å². The first kappa shape index (κ1) is 26.3. The molecule has 5 N–H and O–H groups in total. The maximum absolute atomic E-state index is 13.0. The zero-order chi connectivity index (χ0) is 28.4. The number of hydrogen-bond acceptors (Lipinski definition) is 9. The van der Waals surface area contributed by atoms with E-state index < -0.39 is 53.5 Å². The van der Waals surface area contributed by atoms with Gasteiger partial charge in [-0.05, 0) is 49.7 Å². The van der Waals surface area contributed by atoms with E-state index in [0.29, 0.717) is 19.4 Å². The summed E-state index contributed by atoms with van der Waals surface area (Å²) >= 11 is 0. The third kappa shape index (κ3) is 3.72. The normalized spacial score (nSPS) is 29.3. The second-order valence-corrected chi connectivity index (χ2v) is 11.0. The number of aliphatic hydroxyl groups excluding tert-OH is 1. The summed E-state index contributed by atoms with van der Waals surface area (Å²) < 4.78 is 11.9. The van der Waals surface area contributed by atoms with E-state index in [1.54, 1.807) is 30.3 Å². The summed E-state index contributed by atoms with van der Waals surface area (Å²) in [6, 6.07) is 9.52. The van der Waals surface area contributed by atoms with Crippen LogP contribution in [0.2, 0.25) is 0 Å². The van der Waals surface area contributed by atoms with E-state index in [9.17, 15) is 34.8 Å². The zero-order valence-electron chi connectivity index (χ0n) is 21.7. The van der Waals surface area contributed by atoms with Gasteiger partial charge in [0.2, 0.25) is 0 Å². The molecule has 2 aromatic rings. The van der Waals surface area contributed by atoms with Crippen LogP contribution < -0.4 is 10.1 Å². The molecule has 6 atom stereocenters. The van der Waals surface area contributed by atoms with E-state index in [4.69, 9.17) is 9.47 Å². The molecule has 1 amide bonds. The van der Waals surface area contributed by atoms with Crippen molar-refractivity contribution in [2.24, 2.45) is 0 Å². The van der Waals surface area contributed by atoms with Gasteiger partial charge in [0, 0.05) is 18.0 Å². The number of likely N-dealkylation sites (N-methyl/N-ethyl adjacent to an activating group) is 1. The van der Waals surface area contributed by atoms with Gasteiger partial charge in [0.1, 0.15) is 11.8 Å². The molecule has 11 heteroatoms. The Kier molecular flexibility index (Phi) is 6.13. The number of carbonyl (C=O) groups is 3. The molecule has 0 radical (unpaired) electrons. The van der Waals surface area contributed by atoms with Crippen LogP contribution in [0.4, 0.5) is 0 Å². The molecule has 1 spiro atoms. The number of amides is 1. The molecule has 2 bridgehead atoms. The SMILES string of the molecule is CN1CC[C@]23c4c5ccc(O)c4O[C@H]2C(OC(=O)CC(NC(=O)C(O)c2ccccc2)C(=O)O)=CC[C@@]3(O)[C@H]1C5. The number of hydrogen-bond donors (Lipinski definition) is 5. The first-order chi connectivity index (χ1) is 19.1. The van der Waals surface area contributed by atoms with Crippen molar-refractivity contribution in [3.63, 3.8) is 0 Å². The van der Waals surface area contributed by atoms with Crippen molar-refractivity contribution < 1.29 is 44.3 Å². The van der Waals surface area contributed by atoms with Crippen molar-refractivity contribution in [3.8, 4) is 11.5 Å². The summed E-state index contributed by atoms with van der Waals surface area (Å²) in [5.41, 5.74) is -0.240. The lowest BCUT2D eigenvalue weighted by Gasteiger charge is -2.61. The van der Waals surface area contributed by atoms with E-state index in [1.807, 2.05) is 13.1 Å². The standard InChI is InChI=1S/C29H30N2O9/c1-31-12-11-28-22-16-7-8-18(32)24(22)40-25(28)19(9-10-29(28,38)20(31)13-16)39-21(33)14-17(27(36)37)30-26(35)23(34)15-5-3-2-4-6-15/h2-9,17,20,23,25,32,34,38H,10-14H2,1H3,(H,30,35)(H,36,37)/t17?,20-,23?,25+,28+,29-/m1/s1. The summed E-state index contributed by atoms with van der Waals surface area (Å²) in [6.45, 7) is 0.652. The van der Waals surface area contributed by atoms with Crippen molar-refractivity contribution in [1.29, 1.82) is 0 Å². The van der Waals surface area contributed by atoms with Crippen LogP contribution in [0.3, 0.4) is 0 Å². The highest BCUT2D eigenvalue weighted by molar-refractivity contribution is 5.89. The van der Waals surface area contributed by atoms with Crippen LogP contribution in [0, 0.1) is 0 Å². The monoisotopic (exact) mass is 550 g/mol. The fraction of sp³-hybridized carbons (Fsp3) is 0.414. The minimum Gasteiger partial charge on any atom is -0.504 e. The summed E-state index contributed by atoms with van der Waals surface area (Å²) in [7, 11) is 1.96. The van der Waals surface area contributed by atoms with Gasteiger partial charge in [-0.25, -0.2) is 4.79 Å². The number of ether oxygens (including phenoxy) is 2. The average Bonchev–Trinajstić information content (AvgIpc) is 3.29. The quantitative estimate of drug-likeness (QED) is 0.313. The number of carboxylic acids is 1. The molecule has 6 rings (SSSR count). The predicted molar refractivity (Wildman–Crippen MR) is 138 cm³/mol. The molecule has 0 aromatic heterocycles. The first-order valence-electron chi connectivity index (χ1n) is 13.2. The highest BCUT2D eigenvalue weighted by atomic mass is 16.6. The van der Waals surface area contributed by atoms with Crippen LogP contribution in [-0.4, -0.2) is 80.6 Å². The largest absolute Gasteiger partial charge is 0.504 e. The summed E-state index contributed by atoms with van der Waals surface area (Å²) in [5, 5.41) is 45.0. The van der Waals surface area contributed by atoms with E-state index in [-0.39, 0.29) is 35.3 Å². The molecule has 2 heterocycles. The molecule has 2 aromatic carbocycles. The van der Waals surface area contributed by atoms with E-state index >= 15 is 0 Å². The van der Waals surface area contributed by atoms with Crippen LogP contribution >= 0.6 is 0 Å². The molecule has 0 saturated carbocycles. The highest BCUT2D eigenvalue weighted by Gasteiger charge is 2.72. The number of likely N-dealkylation sites (tertiary alicyclic amines) is 1. The van der Waals surface area contributed by atoms with Crippen molar-refractivity contribution in [2.75, 3.05) is 13.6 Å². The van der Waals surface area contributed by atoms with Gasteiger partial charge in [0.05, 0.1) is 17.4 Å². The molecule has 2 unspecified atom stereocenters. The Morgan fingerprint density at radius 2 is 1.95 bits per heavy atom. The number of piperidine rings is 1. The minimum atomic E-state index is -1.66. The first-order valence-corrected chi connectivity index (χ1v) is 13.2. The van der Waals surface area contributed by atoms with Crippen molar-refractivity contribution >= 4 is 17.8 Å². The lowest BCUT2D eigenvalue weighted by atomic mass is 9.50. The molecule has 11 nitrogen and oxygen atoms in total. The van der Waals surface area contributed by atoms with Crippen molar-refractivity contribution in [3.05, 3.63) is 71.0 Å². The van der Waals surface area contributed by atoms with Gasteiger partial charge in [0.25, 0.3) is 5.91 Å². The van der Waals surface area contributed by atoms with Gasteiger partial charge in [-0.1, -0.05) is 36.4 Å². The number of rotatable bonds is 7. The number of carboxylic acid groups (broad SMARTS) is 1. The maximum atomic E-state index is 13.0. The van der Waals surface area contributed by atoms with Gasteiger partial charge in [-0.3, -0.25) is 9.59 Å². The van der Waals surface area contributed by atoms with E-state index in [2.05, 4.69) is 10.2 Å². The molecule has 1 fully saturated rings. The Bertz CT molecular complexity index is 1430. The minimum absolute atomic E-state index is 0.0708. The number of aromatic hydroxyl groups is 1. The number of phenolic OH excluding ortho intramolecular Hbond substituents is 1. The lowest BCUT2D eigenvalue weighted by Crippen LogP contribution is -2.74. The number of carbonyl (C=O) groups excluding carboxylic acids is 2. The van der Waals surface area contributed by atoms with Gasteiger partial charge in [-0.2, -0.15) is 0 Å². The average molecular weight is 551 g/mol. The number of nitrogens with one attached hydrogen (secondary N) is 1. The number of esters is 1.